The van der Waals surface area contributed by atoms with Crippen LogP contribution >= 0.6 is 0 Å². The number of hydrogen-bond acceptors (Lipinski definition) is 3. The van der Waals surface area contributed by atoms with Crippen LogP contribution < -0.4 is 10.1 Å². The highest BCUT2D eigenvalue weighted by molar-refractivity contribution is 5.41. The van der Waals surface area contributed by atoms with E-state index in [1.54, 1.807) is 7.11 Å². The first-order chi connectivity index (χ1) is 8.99. The van der Waals surface area contributed by atoms with Crippen LogP contribution in [0.15, 0.2) is 6.20 Å². The third-order valence-electron chi connectivity index (χ3n) is 3.44. The minimum atomic E-state index is 0.489. The molecule has 3 nitrogen and oxygen atoms in total. The van der Waals surface area contributed by atoms with Gasteiger partial charge in [0.05, 0.1) is 7.11 Å². The molecule has 108 valence electrons. The quantitative estimate of drug-likeness (QED) is 0.820. The van der Waals surface area contributed by atoms with Crippen molar-refractivity contribution in [1.82, 2.24) is 10.3 Å². The van der Waals surface area contributed by atoms with Gasteiger partial charge in [0.15, 0.2) is 0 Å². The molecular formula is C16H28N2O. The summed E-state index contributed by atoms with van der Waals surface area (Å²) in [4.78, 5) is 4.60. The van der Waals surface area contributed by atoms with Gasteiger partial charge in [0.2, 0.25) is 0 Å². The van der Waals surface area contributed by atoms with Gasteiger partial charge in [0.1, 0.15) is 5.75 Å². The standard InChI is InChI=1S/C16H28N2O/c1-7-17-14(8-11(2)3)9-15-13(5)16(19-6)12(4)10-18-15/h10-11,14,17H,7-9H2,1-6H3. The molecule has 0 aliphatic carbocycles. The van der Waals surface area contributed by atoms with E-state index in [9.17, 15) is 0 Å². The Morgan fingerprint density at radius 2 is 2.00 bits per heavy atom. The number of likely N-dealkylation sites (N-methyl/N-ethyl adjacent to an activating group) is 1. The van der Waals surface area contributed by atoms with E-state index in [4.69, 9.17) is 4.74 Å². The van der Waals surface area contributed by atoms with E-state index in [1.807, 2.05) is 13.1 Å². The molecule has 1 N–H and O–H groups in total. The van der Waals surface area contributed by atoms with Crippen LogP contribution in [0.2, 0.25) is 0 Å². The number of nitrogens with zero attached hydrogens (tertiary/aromatic N) is 1. The number of rotatable bonds is 7. The van der Waals surface area contributed by atoms with Crippen molar-refractivity contribution in [3.8, 4) is 5.75 Å². The highest BCUT2D eigenvalue weighted by Gasteiger charge is 2.15. The van der Waals surface area contributed by atoms with E-state index in [0.717, 1.165) is 30.0 Å². The first-order valence-corrected chi connectivity index (χ1v) is 7.22. The van der Waals surface area contributed by atoms with Crippen molar-refractivity contribution in [3.63, 3.8) is 0 Å². The predicted octanol–water partition coefficient (Wildman–Crippen LogP) is 3.27. The van der Waals surface area contributed by atoms with E-state index >= 15 is 0 Å². The van der Waals surface area contributed by atoms with Gasteiger partial charge < -0.3 is 10.1 Å². The van der Waals surface area contributed by atoms with Crippen LogP contribution in [0.5, 0.6) is 5.75 Å². The Labute approximate surface area is 117 Å². The largest absolute Gasteiger partial charge is 0.496 e. The normalized spacial score (nSPS) is 12.8. The summed E-state index contributed by atoms with van der Waals surface area (Å²) in [5.74, 6) is 1.67. The molecule has 0 aliphatic rings. The molecular weight excluding hydrogens is 236 g/mol. The molecule has 0 radical (unpaired) electrons. The highest BCUT2D eigenvalue weighted by Crippen LogP contribution is 2.25. The maximum absolute atomic E-state index is 5.48. The second kappa shape index (κ2) is 7.49. The maximum Gasteiger partial charge on any atom is 0.128 e. The van der Waals surface area contributed by atoms with Gasteiger partial charge in [0, 0.05) is 35.5 Å². The molecule has 0 fully saturated rings. The minimum absolute atomic E-state index is 0.489. The summed E-state index contributed by atoms with van der Waals surface area (Å²) in [5, 5.41) is 3.56. The van der Waals surface area contributed by atoms with Crippen LogP contribution in [0.1, 0.15) is 44.0 Å². The second-order valence-electron chi connectivity index (χ2n) is 5.63. The molecule has 0 amide bonds. The number of pyridine rings is 1. The predicted molar refractivity (Wildman–Crippen MR) is 80.9 cm³/mol. The molecule has 1 unspecified atom stereocenters. The molecule has 1 aromatic rings. The second-order valence-corrected chi connectivity index (χ2v) is 5.63. The Kier molecular flexibility index (Phi) is 6.29. The Morgan fingerprint density at radius 1 is 1.32 bits per heavy atom. The van der Waals surface area contributed by atoms with Crippen LogP contribution in [-0.4, -0.2) is 24.7 Å². The fourth-order valence-electron chi connectivity index (χ4n) is 2.61. The van der Waals surface area contributed by atoms with E-state index in [2.05, 4.69) is 38.0 Å². The van der Waals surface area contributed by atoms with E-state index in [-0.39, 0.29) is 0 Å². The van der Waals surface area contributed by atoms with Gasteiger partial charge in [-0.3, -0.25) is 4.98 Å². The van der Waals surface area contributed by atoms with Crippen molar-refractivity contribution in [2.45, 2.75) is 53.5 Å². The zero-order chi connectivity index (χ0) is 14.4. The van der Waals surface area contributed by atoms with Crippen molar-refractivity contribution in [2.75, 3.05) is 13.7 Å². The number of aromatic nitrogens is 1. The molecule has 0 aromatic carbocycles. The summed E-state index contributed by atoms with van der Waals surface area (Å²) in [6.07, 6.45) is 4.05. The SMILES string of the molecule is CCNC(Cc1ncc(C)c(OC)c1C)CC(C)C. The topological polar surface area (TPSA) is 34.2 Å². The number of aryl methyl sites for hydroxylation is 1. The molecule has 0 aliphatic heterocycles. The Bertz CT molecular complexity index is 402. The van der Waals surface area contributed by atoms with Crippen LogP contribution in [-0.2, 0) is 6.42 Å². The third kappa shape index (κ3) is 4.50. The van der Waals surface area contributed by atoms with E-state index < -0.39 is 0 Å². The fraction of sp³-hybridized carbons (Fsp3) is 0.688. The molecule has 0 spiro atoms. The van der Waals surface area contributed by atoms with Crippen LogP contribution in [0, 0.1) is 19.8 Å². The van der Waals surface area contributed by atoms with Gasteiger partial charge in [-0.1, -0.05) is 20.8 Å². The average Bonchev–Trinajstić information content (AvgIpc) is 2.33. The lowest BCUT2D eigenvalue weighted by Gasteiger charge is -2.21. The van der Waals surface area contributed by atoms with Crippen molar-refractivity contribution in [1.29, 1.82) is 0 Å². The first-order valence-electron chi connectivity index (χ1n) is 7.22. The molecule has 3 heteroatoms. The Hall–Kier alpha value is -1.09. The van der Waals surface area contributed by atoms with Crippen molar-refractivity contribution >= 4 is 0 Å². The molecule has 0 saturated heterocycles. The highest BCUT2D eigenvalue weighted by atomic mass is 16.5. The van der Waals surface area contributed by atoms with Gasteiger partial charge in [-0.15, -0.1) is 0 Å². The lowest BCUT2D eigenvalue weighted by molar-refractivity contribution is 0.401. The van der Waals surface area contributed by atoms with Gasteiger partial charge in [0.25, 0.3) is 0 Å². The van der Waals surface area contributed by atoms with E-state index in [1.165, 1.54) is 12.0 Å². The fourth-order valence-corrected chi connectivity index (χ4v) is 2.61. The van der Waals surface area contributed by atoms with Crippen LogP contribution in [0.3, 0.4) is 0 Å². The Balaban J connectivity index is 2.90. The number of ether oxygens (including phenoxy) is 1. The molecule has 1 atom stereocenters. The average molecular weight is 264 g/mol. The third-order valence-corrected chi connectivity index (χ3v) is 3.44. The first kappa shape index (κ1) is 16.0. The summed E-state index contributed by atoms with van der Waals surface area (Å²) in [7, 11) is 1.73. The van der Waals surface area contributed by atoms with E-state index in [0.29, 0.717) is 12.0 Å². The molecule has 1 rings (SSSR count). The lowest BCUT2D eigenvalue weighted by atomic mass is 9.97. The zero-order valence-electron chi connectivity index (χ0n) is 13.2. The summed E-state index contributed by atoms with van der Waals surface area (Å²) in [6.45, 7) is 11.8. The molecule has 0 bridgehead atoms. The monoisotopic (exact) mass is 264 g/mol. The molecule has 19 heavy (non-hydrogen) atoms. The van der Waals surface area contributed by atoms with Gasteiger partial charge in [-0.2, -0.15) is 0 Å². The van der Waals surface area contributed by atoms with Gasteiger partial charge >= 0.3 is 0 Å². The lowest BCUT2D eigenvalue weighted by Crippen LogP contribution is -2.32. The molecule has 0 saturated carbocycles. The maximum atomic E-state index is 5.48. The van der Waals surface area contributed by atoms with Crippen molar-refractivity contribution < 1.29 is 4.74 Å². The molecule has 1 aromatic heterocycles. The number of hydrogen-bond donors (Lipinski definition) is 1. The number of nitrogens with one attached hydrogen (secondary N) is 1. The summed E-state index contributed by atoms with van der Waals surface area (Å²) >= 11 is 0. The minimum Gasteiger partial charge on any atom is -0.496 e. The summed E-state index contributed by atoms with van der Waals surface area (Å²) < 4.78 is 5.48. The van der Waals surface area contributed by atoms with Gasteiger partial charge in [-0.05, 0) is 32.7 Å². The summed E-state index contributed by atoms with van der Waals surface area (Å²) in [5.41, 5.74) is 3.43. The Morgan fingerprint density at radius 3 is 2.53 bits per heavy atom. The molecule has 1 heterocycles. The van der Waals surface area contributed by atoms with Crippen LogP contribution in [0.4, 0.5) is 0 Å². The van der Waals surface area contributed by atoms with Crippen LogP contribution in [0.25, 0.3) is 0 Å². The number of methoxy groups -OCH3 is 1. The van der Waals surface area contributed by atoms with Crippen molar-refractivity contribution in [3.05, 3.63) is 23.0 Å². The zero-order valence-corrected chi connectivity index (χ0v) is 13.2. The van der Waals surface area contributed by atoms with Crippen molar-refractivity contribution in [2.24, 2.45) is 5.92 Å². The summed E-state index contributed by atoms with van der Waals surface area (Å²) in [6, 6.07) is 0.489. The van der Waals surface area contributed by atoms with Gasteiger partial charge in [-0.25, -0.2) is 0 Å². The smallest absolute Gasteiger partial charge is 0.128 e.